The van der Waals surface area contributed by atoms with Crippen molar-refractivity contribution in [2.24, 2.45) is 0 Å². The third-order valence-corrected chi connectivity index (χ3v) is 3.23. The number of nitrogens with two attached hydrogens (primary N) is 1. The van der Waals surface area contributed by atoms with Gasteiger partial charge in [0.05, 0.1) is 0 Å². The number of hydrogen-bond donors (Lipinski definition) is 1. The summed E-state index contributed by atoms with van der Waals surface area (Å²) in [6.07, 6.45) is 0. The molecular weight excluding hydrogens is 277 g/mol. The first-order valence-corrected chi connectivity index (χ1v) is 6.22. The summed E-state index contributed by atoms with van der Waals surface area (Å²) in [6.45, 7) is 4.52. The predicted molar refractivity (Wildman–Crippen MR) is 71.6 cm³/mol. The number of hydrogen-bond acceptors (Lipinski definition) is 0. The third-order valence-electron chi connectivity index (χ3n) is 3.23. The van der Waals surface area contributed by atoms with E-state index in [1.54, 1.807) is 0 Å². The van der Waals surface area contributed by atoms with E-state index in [4.69, 9.17) is 0 Å². The van der Waals surface area contributed by atoms with Gasteiger partial charge in [0.2, 0.25) is 0 Å². The Morgan fingerprint density at radius 1 is 0.632 bits per heavy atom. The third kappa shape index (κ3) is 5.23. The summed E-state index contributed by atoms with van der Waals surface area (Å²) in [5.41, 5.74) is 2.77. The van der Waals surface area contributed by atoms with Crippen molar-refractivity contribution >= 4 is 0 Å². The largest absolute Gasteiger partial charge is 1.00 e. The van der Waals surface area contributed by atoms with Gasteiger partial charge in [0, 0.05) is 11.1 Å². The van der Waals surface area contributed by atoms with Gasteiger partial charge in [-0.15, -0.1) is 0 Å². The van der Waals surface area contributed by atoms with Crippen LogP contribution in [0.25, 0.3) is 0 Å². The Labute approximate surface area is 128 Å². The minimum absolute atomic E-state index is 0. The average Bonchev–Trinajstić information content (AvgIpc) is 2.40. The Hall–Kier alpha value is -1.02. The van der Waals surface area contributed by atoms with Crippen LogP contribution in [0.15, 0.2) is 60.7 Å². The first-order valence-electron chi connectivity index (χ1n) is 6.22. The van der Waals surface area contributed by atoms with Crippen LogP contribution in [0, 0.1) is 0 Å². The summed E-state index contributed by atoms with van der Waals surface area (Å²) >= 11 is 0. The van der Waals surface area contributed by atoms with E-state index in [1.165, 1.54) is 11.1 Å². The van der Waals surface area contributed by atoms with Gasteiger partial charge in [-0.25, -0.2) is 0 Å². The lowest BCUT2D eigenvalue weighted by atomic mass is 10.0. The van der Waals surface area contributed by atoms with Gasteiger partial charge in [0.1, 0.15) is 12.1 Å². The highest BCUT2D eigenvalue weighted by Gasteiger charge is 2.14. The molecule has 0 saturated carbocycles. The van der Waals surface area contributed by atoms with Gasteiger partial charge in [-0.3, -0.25) is 0 Å². The van der Waals surface area contributed by atoms with Crippen LogP contribution < -0.4 is 30.1 Å². The second kappa shape index (κ2) is 8.98. The van der Waals surface area contributed by atoms with E-state index in [0.717, 1.165) is 0 Å². The molecule has 0 bridgehead atoms. The monoisotopic (exact) mass is 296 g/mol. The van der Waals surface area contributed by atoms with E-state index in [2.05, 4.69) is 79.8 Å². The molecular formula is C16H20Cl2N-. The Bertz CT molecular complexity index is 401. The molecule has 0 aliphatic carbocycles. The fourth-order valence-electron chi connectivity index (χ4n) is 2.17. The van der Waals surface area contributed by atoms with Crippen LogP contribution in [-0.2, 0) is 0 Å². The van der Waals surface area contributed by atoms with Crippen molar-refractivity contribution in [3.63, 3.8) is 0 Å². The number of benzene rings is 2. The number of halogens is 2. The first kappa shape index (κ1) is 18.0. The minimum Gasteiger partial charge on any atom is -1.00 e. The fraction of sp³-hybridized carbons (Fsp3) is 0.250. The standard InChI is InChI=1S/C16H19N.2ClH/c1-13(15-9-5-3-6-10-15)17-14(2)16-11-7-4-8-12-16;;/h3-14,17H,1-2H3;2*1H/p-1. The van der Waals surface area contributed by atoms with E-state index >= 15 is 0 Å². The lowest BCUT2D eigenvalue weighted by Gasteiger charge is -2.17. The Balaban J connectivity index is 0.00000162. The van der Waals surface area contributed by atoms with Crippen molar-refractivity contribution < 1.29 is 30.1 Å². The summed E-state index contributed by atoms with van der Waals surface area (Å²) in [7, 11) is 0. The molecule has 1 nitrogen and oxygen atoms in total. The molecule has 0 saturated heterocycles. The van der Waals surface area contributed by atoms with Crippen LogP contribution in [0.5, 0.6) is 0 Å². The maximum absolute atomic E-state index is 2.41. The van der Waals surface area contributed by atoms with Gasteiger partial charge in [-0.1, -0.05) is 60.7 Å². The zero-order chi connectivity index (χ0) is 12.1. The lowest BCUT2D eigenvalue weighted by Crippen LogP contribution is -3.00. The van der Waals surface area contributed by atoms with E-state index in [1.807, 2.05) is 0 Å². The highest BCUT2D eigenvalue weighted by atomic mass is 35.5. The molecule has 0 radical (unpaired) electrons. The van der Waals surface area contributed by atoms with Crippen LogP contribution in [0.2, 0.25) is 0 Å². The molecule has 2 rings (SSSR count). The smallest absolute Gasteiger partial charge is 0.109 e. The van der Waals surface area contributed by atoms with E-state index in [-0.39, 0.29) is 24.8 Å². The second-order valence-electron chi connectivity index (χ2n) is 4.59. The molecule has 19 heavy (non-hydrogen) atoms. The molecule has 2 aromatic carbocycles. The van der Waals surface area contributed by atoms with Gasteiger partial charge in [-0.2, -0.15) is 0 Å². The fourth-order valence-corrected chi connectivity index (χ4v) is 2.17. The maximum atomic E-state index is 2.41. The van der Waals surface area contributed by atoms with Crippen LogP contribution in [0.1, 0.15) is 37.1 Å². The minimum atomic E-state index is 0. The van der Waals surface area contributed by atoms with Crippen LogP contribution in [0.4, 0.5) is 0 Å². The molecule has 0 spiro atoms. The van der Waals surface area contributed by atoms with Crippen LogP contribution in [-0.4, -0.2) is 0 Å². The second-order valence-corrected chi connectivity index (χ2v) is 4.59. The summed E-state index contributed by atoms with van der Waals surface area (Å²) in [5, 5.41) is 2.41. The molecule has 2 unspecified atom stereocenters. The first-order chi connectivity index (χ1) is 8.27. The predicted octanol–water partition coefficient (Wildman–Crippen LogP) is -2.92. The molecule has 0 aliphatic heterocycles. The van der Waals surface area contributed by atoms with E-state index in [9.17, 15) is 0 Å². The van der Waals surface area contributed by atoms with Gasteiger partial charge in [0.15, 0.2) is 0 Å². The zero-order valence-corrected chi connectivity index (χ0v) is 12.8. The van der Waals surface area contributed by atoms with Crippen molar-refractivity contribution in [1.29, 1.82) is 0 Å². The summed E-state index contributed by atoms with van der Waals surface area (Å²) < 4.78 is 0. The molecule has 2 aromatic rings. The lowest BCUT2D eigenvalue weighted by molar-refractivity contribution is -0.728. The molecule has 0 aromatic heterocycles. The van der Waals surface area contributed by atoms with Crippen LogP contribution in [0.3, 0.4) is 0 Å². The van der Waals surface area contributed by atoms with Crippen molar-refractivity contribution in [1.82, 2.24) is 0 Å². The normalized spacial score (nSPS) is 12.7. The van der Waals surface area contributed by atoms with Crippen molar-refractivity contribution in [2.75, 3.05) is 0 Å². The zero-order valence-electron chi connectivity index (χ0n) is 11.3. The number of quaternary nitrogens is 1. The van der Waals surface area contributed by atoms with Gasteiger partial charge in [0.25, 0.3) is 0 Å². The molecule has 0 aliphatic rings. The molecule has 3 heteroatoms. The molecule has 104 valence electrons. The molecule has 0 fully saturated rings. The molecule has 2 atom stereocenters. The number of rotatable bonds is 4. The molecule has 2 N–H and O–H groups in total. The van der Waals surface area contributed by atoms with Crippen molar-refractivity contribution in [3.05, 3.63) is 71.8 Å². The molecule has 0 heterocycles. The molecule has 0 amide bonds. The van der Waals surface area contributed by atoms with Gasteiger partial charge in [-0.05, 0) is 13.8 Å². The van der Waals surface area contributed by atoms with E-state index < -0.39 is 0 Å². The summed E-state index contributed by atoms with van der Waals surface area (Å²) in [6, 6.07) is 22.3. The Kier molecular flexibility index (Phi) is 8.49. The quantitative estimate of drug-likeness (QED) is 0.623. The highest BCUT2D eigenvalue weighted by molar-refractivity contribution is 5.18. The maximum Gasteiger partial charge on any atom is 0.109 e. The average molecular weight is 297 g/mol. The summed E-state index contributed by atoms with van der Waals surface area (Å²) in [4.78, 5) is 0. The van der Waals surface area contributed by atoms with Crippen molar-refractivity contribution in [3.8, 4) is 0 Å². The van der Waals surface area contributed by atoms with Crippen molar-refractivity contribution in [2.45, 2.75) is 25.9 Å². The van der Waals surface area contributed by atoms with Gasteiger partial charge >= 0.3 is 0 Å². The van der Waals surface area contributed by atoms with E-state index in [0.29, 0.717) is 12.1 Å². The topological polar surface area (TPSA) is 16.6 Å². The Morgan fingerprint density at radius 3 is 1.26 bits per heavy atom. The summed E-state index contributed by atoms with van der Waals surface area (Å²) in [5.74, 6) is 0. The Morgan fingerprint density at radius 2 is 0.947 bits per heavy atom. The van der Waals surface area contributed by atoms with Gasteiger partial charge < -0.3 is 30.1 Å². The van der Waals surface area contributed by atoms with Crippen LogP contribution >= 0.6 is 0 Å². The SMILES string of the molecule is CC([NH2+]C(C)c1ccccc1)c1ccccc1.[Cl-].[Cl-]. The highest BCUT2D eigenvalue weighted by Crippen LogP contribution is 2.11.